The van der Waals surface area contributed by atoms with E-state index in [4.69, 9.17) is 4.74 Å². The molecule has 0 spiro atoms. The molecule has 1 fully saturated rings. The van der Waals surface area contributed by atoms with Crippen LogP contribution < -0.4 is 15.0 Å². The Morgan fingerprint density at radius 3 is 2.24 bits per heavy atom. The van der Waals surface area contributed by atoms with Gasteiger partial charge in [-0.25, -0.2) is 8.42 Å². The number of nitrogens with one attached hydrogen (secondary N) is 1. The summed E-state index contributed by atoms with van der Waals surface area (Å²) in [6.45, 7) is 9.18. The number of carbonyl (C=O) groups excluding carboxylic acids is 1. The molecule has 8 nitrogen and oxygen atoms in total. The summed E-state index contributed by atoms with van der Waals surface area (Å²) in [5.74, 6) is 0.820. The van der Waals surface area contributed by atoms with E-state index in [1.54, 1.807) is 26.2 Å². The van der Waals surface area contributed by atoms with Gasteiger partial charge in [0.25, 0.3) is 0 Å². The van der Waals surface area contributed by atoms with E-state index in [-0.39, 0.29) is 17.3 Å². The molecule has 1 N–H and O–H groups in total. The maximum atomic E-state index is 12.9. The number of benzene rings is 2. The minimum atomic E-state index is -3.57. The number of methoxy groups -OCH3 is 1. The lowest BCUT2D eigenvalue weighted by Crippen LogP contribution is -2.50. The maximum absolute atomic E-state index is 12.9. The second-order valence-corrected chi connectivity index (χ2v) is 9.90. The van der Waals surface area contributed by atoms with Crippen LogP contribution in [0.4, 0.5) is 11.4 Å². The van der Waals surface area contributed by atoms with Crippen LogP contribution in [0.2, 0.25) is 0 Å². The van der Waals surface area contributed by atoms with E-state index in [1.165, 1.54) is 4.31 Å². The van der Waals surface area contributed by atoms with Gasteiger partial charge in [0.15, 0.2) is 0 Å². The van der Waals surface area contributed by atoms with E-state index >= 15 is 0 Å². The fourth-order valence-corrected chi connectivity index (χ4v) is 5.70. The van der Waals surface area contributed by atoms with Gasteiger partial charge < -0.3 is 19.9 Å². The lowest BCUT2D eigenvalue weighted by molar-refractivity contribution is -0.129. The first-order chi connectivity index (χ1) is 15.8. The molecule has 0 aromatic heterocycles. The Hall–Kier alpha value is -2.78. The summed E-state index contributed by atoms with van der Waals surface area (Å²) in [6.07, 6.45) is 0. The topological polar surface area (TPSA) is 82.2 Å². The van der Waals surface area contributed by atoms with Crippen LogP contribution in [0, 0.1) is 6.92 Å². The molecule has 3 rings (SSSR count). The molecular formula is C24H34N4O4S. The van der Waals surface area contributed by atoms with Gasteiger partial charge in [0.05, 0.1) is 18.6 Å². The highest BCUT2D eigenvalue weighted by Gasteiger charge is 2.24. The zero-order valence-corrected chi connectivity index (χ0v) is 20.7. The summed E-state index contributed by atoms with van der Waals surface area (Å²) in [6, 6.07) is 13.1. The molecule has 0 saturated carbocycles. The second kappa shape index (κ2) is 10.9. The van der Waals surface area contributed by atoms with Gasteiger partial charge in [-0.15, -0.1) is 0 Å². The lowest BCUT2D eigenvalue weighted by Gasteiger charge is -2.36. The fraction of sp³-hybridized carbons (Fsp3) is 0.458. The Kier molecular flexibility index (Phi) is 8.20. The van der Waals surface area contributed by atoms with Gasteiger partial charge in [0.1, 0.15) is 5.75 Å². The van der Waals surface area contributed by atoms with Crippen molar-refractivity contribution in [1.29, 1.82) is 0 Å². The minimum absolute atomic E-state index is 0.00175. The largest absolute Gasteiger partial charge is 0.497 e. The number of anilines is 2. The van der Waals surface area contributed by atoms with Crippen molar-refractivity contribution < 1.29 is 17.9 Å². The van der Waals surface area contributed by atoms with Gasteiger partial charge in [-0.05, 0) is 48.9 Å². The van der Waals surface area contributed by atoms with Crippen molar-refractivity contribution in [2.24, 2.45) is 0 Å². The monoisotopic (exact) mass is 474 g/mol. The third kappa shape index (κ3) is 5.78. The summed E-state index contributed by atoms with van der Waals surface area (Å²) < 4.78 is 32.5. The van der Waals surface area contributed by atoms with Crippen molar-refractivity contribution in [3.8, 4) is 5.75 Å². The molecule has 1 aliphatic heterocycles. The molecule has 0 aliphatic carbocycles. The van der Waals surface area contributed by atoms with Crippen molar-refractivity contribution >= 4 is 27.3 Å². The van der Waals surface area contributed by atoms with Crippen molar-refractivity contribution in [1.82, 2.24) is 9.21 Å². The maximum Gasteiger partial charge on any atom is 0.243 e. The highest BCUT2D eigenvalue weighted by Crippen LogP contribution is 2.24. The summed E-state index contributed by atoms with van der Waals surface area (Å²) >= 11 is 0. The molecule has 1 saturated heterocycles. The predicted octanol–water partition coefficient (Wildman–Crippen LogP) is 2.79. The third-order valence-corrected chi connectivity index (χ3v) is 8.22. The third-order valence-electron chi connectivity index (χ3n) is 6.03. The van der Waals surface area contributed by atoms with Crippen LogP contribution >= 0.6 is 0 Å². The number of aryl methyl sites for hydroxylation is 1. The van der Waals surface area contributed by atoms with Crippen LogP contribution in [0.5, 0.6) is 5.75 Å². The minimum Gasteiger partial charge on any atom is -0.497 e. The first-order valence-electron chi connectivity index (χ1n) is 11.3. The van der Waals surface area contributed by atoms with E-state index in [0.29, 0.717) is 37.4 Å². The number of carbonyl (C=O) groups is 1. The summed E-state index contributed by atoms with van der Waals surface area (Å²) in [5.41, 5.74) is 2.42. The number of nitrogens with zero attached hydrogens (tertiary/aromatic N) is 3. The smallest absolute Gasteiger partial charge is 0.243 e. The van der Waals surface area contributed by atoms with Crippen LogP contribution in [0.3, 0.4) is 0 Å². The SMILES string of the molecule is CCN(CC)S(=O)(=O)c1cc(NCC(=O)N2CCN(c3ccc(OC)cc3)CC2)ccc1C. The van der Waals surface area contributed by atoms with Crippen molar-refractivity contribution in [2.45, 2.75) is 25.7 Å². The summed E-state index contributed by atoms with van der Waals surface area (Å²) in [4.78, 5) is 17.1. The van der Waals surface area contributed by atoms with E-state index < -0.39 is 10.0 Å². The van der Waals surface area contributed by atoms with E-state index in [1.807, 2.05) is 49.1 Å². The number of amides is 1. The summed E-state index contributed by atoms with van der Waals surface area (Å²) in [5, 5.41) is 3.11. The van der Waals surface area contributed by atoms with Crippen molar-refractivity contribution in [3.05, 3.63) is 48.0 Å². The number of rotatable bonds is 9. The molecule has 0 unspecified atom stereocenters. The van der Waals surface area contributed by atoms with E-state index in [2.05, 4.69) is 10.2 Å². The molecule has 33 heavy (non-hydrogen) atoms. The molecule has 2 aromatic rings. The predicted molar refractivity (Wildman–Crippen MR) is 132 cm³/mol. The standard InChI is InChI=1S/C24H34N4O4S/c1-5-28(6-2)33(30,31)23-17-20(8-7-19(23)3)25-18-24(29)27-15-13-26(14-16-27)21-9-11-22(32-4)12-10-21/h7-12,17,25H,5-6,13-16,18H2,1-4H3. The van der Waals surface area contributed by atoms with Crippen molar-refractivity contribution in [2.75, 3.05) is 63.1 Å². The van der Waals surface area contributed by atoms with Gasteiger partial charge in [0.2, 0.25) is 15.9 Å². The molecule has 1 amide bonds. The molecule has 0 radical (unpaired) electrons. The van der Waals surface area contributed by atoms with Crippen LogP contribution in [0.1, 0.15) is 19.4 Å². The Balaban J connectivity index is 1.58. The molecule has 9 heteroatoms. The summed E-state index contributed by atoms with van der Waals surface area (Å²) in [7, 11) is -1.92. The highest BCUT2D eigenvalue weighted by atomic mass is 32.2. The van der Waals surface area contributed by atoms with Crippen molar-refractivity contribution in [3.63, 3.8) is 0 Å². The van der Waals surface area contributed by atoms with Crippen LogP contribution in [-0.4, -0.2) is 76.5 Å². The molecule has 0 atom stereocenters. The quantitative estimate of drug-likeness (QED) is 0.602. The zero-order chi connectivity index (χ0) is 24.0. The number of sulfonamides is 1. The average molecular weight is 475 g/mol. The number of piperazine rings is 1. The Labute approximate surface area is 197 Å². The van der Waals surface area contributed by atoms with Gasteiger partial charge in [0, 0.05) is 50.6 Å². The number of hydrogen-bond donors (Lipinski definition) is 1. The molecule has 180 valence electrons. The average Bonchev–Trinajstić information content (AvgIpc) is 2.84. The Morgan fingerprint density at radius 1 is 1.03 bits per heavy atom. The lowest BCUT2D eigenvalue weighted by atomic mass is 10.2. The first kappa shape index (κ1) is 24.9. The van der Waals surface area contributed by atoms with Crippen LogP contribution in [0.25, 0.3) is 0 Å². The second-order valence-electron chi connectivity index (χ2n) is 7.99. The van der Waals surface area contributed by atoms with E-state index in [0.717, 1.165) is 24.5 Å². The van der Waals surface area contributed by atoms with Crippen LogP contribution in [0.15, 0.2) is 47.4 Å². The normalized spacial score (nSPS) is 14.5. The Morgan fingerprint density at radius 2 is 1.67 bits per heavy atom. The Bertz CT molecular complexity index is 1040. The van der Waals surface area contributed by atoms with Gasteiger partial charge >= 0.3 is 0 Å². The van der Waals surface area contributed by atoms with Gasteiger partial charge in [-0.1, -0.05) is 19.9 Å². The molecule has 1 heterocycles. The molecule has 2 aromatic carbocycles. The van der Waals surface area contributed by atoms with Crippen LogP contribution in [-0.2, 0) is 14.8 Å². The molecule has 0 bridgehead atoms. The van der Waals surface area contributed by atoms with E-state index in [9.17, 15) is 13.2 Å². The molecular weight excluding hydrogens is 440 g/mol. The molecule has 1 aliphatic rings. The number of ether oxygens (including phenoxy) is 1. The zero-order valence-electron chi connectivity index (χ0n) is 19.9. The highest BCUT2D eigenvalue weighted by molar-refractivity contribution is 7.89. The first-order valence-corrected chi connectivity index (χ1v) is 12.8. The number of hydrogen-bond acceptors (Lipinski definition) is 6. The van der Waals surface area contributed by atoms with Gasteiger partial charge in [-0.2, -0.15) is 4.31 Å². The fourth-order valence-electron chi connectivity index (χ4n) is 3.99. The van der Waals surface area contributed by atoms with Gasteiger partial charge in [-0.3, -0.25) is 4.79 Å².